The summed E-state index contributed by atoms with van der Waals surface area (Å²) in [5.74, 6) is -0.502. The smallest absolute Gasteiger partial charge is 0.339 e. The fourth-order valence-electron chi connectivity index (χ4n) is 1.91. The Hall–Kier alpha value is -1.75. The zero-order valence-electron chi connectivity index (χ0n) is 9.68. The number of rotatable bonds is 4. The van der Waals surface area contributed by atoms with Gasteiger partial charge in [-0.2, -0.15) is 0 Å². The van der Waals surface area contributed by atoms with Gasteiger partial charge in [0, 0.05) is 13.7 Å². The van der Waals surface area contributed by atoms with E-state index in [-0.39, 0.29) is 5.56 Å². The van der Waals surface area contributed by atoms with Gasteiger partial charge < -0.3 is 19.5 Å². The molecule has 0 saturated heterocycles. The summed E-state index contributed by atoms with van der Waals surface area (Å²) in [5, 5.41) is 9.08. The van der Waals surface area contributed by atoms with Gasteiger partial charge in [0.25, 0.3) is 0 Å². The van der Waals surface area contributed by atoms with Crippen LogP contribution in [0.25, 0.3) is 0 Å². The van der Waals surface area contributed by atoms with Gasteiger partial charge in [-0.1, -0.05) is 6.07 Å². The molecule has 0 bridgehead atoms. The summed E-state index contributed by atoms with van der Waals surface area (Å²) in [6, 6.07) is 5.16. The second kappa shape index (κ2) is 5.05. The Morgan fingerprint density at radius 2 is 2.41 bits per heavy atom. The highest BCUT2D eigenvalue weighted by Gasteiger charge is 2.23. The van der Waals surface area contributed by atoms with Gasteiger partial charge in [0.05, 0.1) is 18.8 Å². The molecule has 1 N–H and O–H groups in total. The van der Waals surface area contributed by atoms with Gasteiger partial charge in [0.2, 0.25) is 0 Å². The van der Waals surface area contributed by atoms with E-state index in [1.807, 2.05) is 6.07 Å². The summed E-state index contributed by atoms with van der Waals surface area (Å²) in [6.07, 6.45) is 0. The van der Waals surface area contributed by atoms with Crippen LogP contribution >= 0.6 is 0 Å². The Kier molecular flexibility index (Phi) is 3.49. The molecule has 2 rings (SSSR count). The summed E-state index contributed by atoms with van der Waals surface area (Å²) in [7, 11) is 1.65. The van der Waals surface area contributed by atoms with Gasteiger partial charge in [-0.3, -0.25) is 0 Å². The molecule has 0 radical (unpaired) electrons. The molecule has 17 heavy (non-hydrogen) atoms. The summed E-state index contributed by atoms with van der Waals surface area (Å²) < 4.78 is 10.5. The predicted octanol–water partition coefficient (Wildman–Crippen LogP) is 1.23. The molecule has 1 heterocycles. The average Bonchev–Trinajstić information content (AvgIpc) is 2.35. The quantitative estimate of drug-likeness (QED) is 0.853. The first-order valence-corrected chi connectivity index (χ1v) is 5.47. The zero-order chi connectivity index (χ0) is 12.3. The summed E-state index contributed by atoms with van der Waals surface area (Å²) >= 11 is 0. The van der Waals surface area contributed by atoms with E-state index < -0.39 is 5.97 Å². The number of fused-ring (bicyclic) bond motifs is 1. The van der Waals surface area contributed by atoms with Crippen molar-refractivity contribution in [2.45, 2.75) is 0 Å². The predicted molar refractivity (Wildman–Crippen MR) is 63.0 cm³/mol. The van der Waals surface area contributed by atoms with Crippen molar-refractivity contribution in [3.8, 4) is 5.75 Å². The Labute approximate surface area is 99.6 Å². The second-order valence-electron chi connectivity index (χ2n) is 3.79. The fraction of sp³-hybridized carbons (Fsp3) is 0.417. The standard InChI is InChI=1S/C12H15NO4/c1-16-7-5-13-6-8-17-11-9(12(14)15)3-2-4-10(11)13/h2-4H,5-8H2,1H3,(H,14,15). The molecule has 0 fully saturated rings. The zero-order valence-corrected chi connectivity index (χ0v) is 9.68. The van der Waals surface area contributed by atoms with Crippen LogP contribution in [-0.2, 0) is 4.74 Å². The molecular formula is C12H15NO4. The van der Waals surface area contributed by atoms with Crippen LogP contribution in [0.4, 0.5) is 5.69 Å². The molecule has 1 aromatic carbocycles. The molecule has 92 valence electrons. The summed E-state index contributed by atoms with van der Waals surface area (Å²) in [4.78, 5) is 13.1. The summed E-state index contributed by atoms with van der Waals surface area (Å²) in [6.45, 7) is 2.59. The minimum absolute atomic E-state index is 0.213. The summed E-state index contributed by atoms with van der Waals surface area (Å²) in [5.41, 5.74) is 1.04. The third kappa shape index (κ3) is 2.34. The molecule has 0 spiro atoms. The van der Waals surface area contributed by atoms with Gasteiger partial charge in [0.15, 0.2) is 5.75 Å². The van der Waals surface area contributed by atoms with Gasteiger partial charge in [-0.15, -0.1) is 0 Å². The maximum absolute atomic E-state index is 11.1. The topological polar surface area (TPSA) is 59.0 Å². The molecule has 1 aromatic rings. The van der Waals surface area contributed by atoms with E-state index in [1.54, 1.807) is 19.2 Å². The van der Waals surface area contributed by atoms with Crippen molar-refractivity contribution < 1.29 is 19.4 Å². The Bertz CT molecular complexity index is 419. The van der Waals surface area contributed by atoms with Crippen LogP contribution in [0.2, 0.25) is 0 Å². The van der Waals surface area contributed by atoms with Crippen molar-refractivity contribution in [1.82, 2.24) is 0 Å². The van der Waals surface area contributed by atoms with E-state index in [9.17, 15) is 4.79 Å². The molecule has 1 aliphatic heterocycles. The minimum atomic E-state index is -0.963. The van der Waals surface area contributed by atoms with E-state index in [4.69, 9.17) is 14.6 Å². The molecule has 0 aliphatic carbocycles. The maximum Gasteiger partial charge on any atom is 0.339 e. The van der Waals surface area contributed by atoms with Gasteiger partial charge in [0.1, 0.15) is 12.2 Å². The lowest BCUT2D eigenvalue weighted by Gasteiger charge is -2.31. The lowest BCUT2D eigenvalue weighted by atomic mass is 10.1. The number of hydrogen-bond acceptors (Lipinski definition) is 4. The number of anilines is 1. The highest BCUT2D eigenvalue weighted by Crippen LogP contribution is 2.34. The Balaban J connectivity index is 2.32. The van der Waals surface area contributed by atoms with E-state index in [0.717, 1.165) is 18.8 Å². The number of carboxylic acid groups (broad SMARTS) is 1. The third-order valence-corrected chi connectivity index (χ3v) is 2.74. The first kappa shape index (κ1) is 11.7. The fourth-order valence-corrected chi connectivity index (χ4v) is 1.91. The largest absolute Gasteiger partial charge is 0.489 e. The van der Waals surface area contributed by atoms with Crippen LogP contribution in [-0.4, -0.2) is 44.5 Å². The number of carboxylic acids is 1. The van der Waals surface area contributed by atoms with Crippen molar-refractivity contribution in [2.75, 3.05) is 38.3 Å². The first-order valence-electron chi connectivity index (χ1n) is 5.47. The number of nitrogens with zero attached hydrogens (tertiary/aromatic N) is 1. The number of hydrogen-bond donors (Lipinski definition) is 1. The van der Waals surface area contributed by atoms with Crippen LogP contribution in [0, 0.1) is 0 Å². The molecule has 5 heteroatoms. The van der Waals surface area contributed by atoms with Crippen molar-refractivity contribution in [3.63, 3.8) is 0 Å². The van der Waals surface area contributed by atoms with Gasteiger partial charge in [-0.05, 0) is 12.1 Å². The lowest BCUT2D eigenvalue weighted by molar-refractivity contribution is 0.0692. The van der Waals surface area contributed by atoms with Crippen LogP contribution in [0.1, 0.15) is 10.4 Å². The Morgan fingerprint density at radius 1 is 1.59 bits per heavy atom. The molecule has 5 nitrogen and oxygen atoms in total. The van der Waals surface area contributed by atoms with Crippen molar-refractivity contribution >= 4 is 11.7 Å². The molecule has 0 saturated carbocycles. The number of para-hydroxylation sites is 1. The van der Waals surface area contributed by atoms with Crippen LogP contribution in [0.5, 0.6) is 5.75 Å². The van der Waals surface area contributed by atoms with E-state index in [2.05, 4.69) is 4.90 Å². The number of carbonyl (C=O) groups is 1. The molecule has 0 aromatic heterocycles. The molecule has 1 aliphatic rings. The van der Waals surface area contributed by atoms with E-state index in [1.165, 1.54) is 0 Å². The minimum Gasteiger partial charge on any atom is -0.489 e. The van der Waals surface area contributed by atoms with Crippen molar-refractivity contribution in [3.05, 3.63) is 23.8 Å². The van der Waals surface area contributed by atoms with E-state index in [0.29, 0.717) is 19.0 Å². The van der Waals surface area contributed by atoms with Crippen LogP contribution < -0.4 is 9.64 Å². The SMILES string of the molecule is COCCN1CCOc2c(C(=O)O)cccc21. The van der Waals surface area contributed by atoms with Crippen molar-refractivity contribution in [2.24, 2.45) is 0 Å². The third-order valence-electron chi connectivity index (χ3n) is 2.74. The number of aromatic carboxylic acids is 1. The first-order chi connectivity index (χ1) is 8.24. The van der Waals surface area contributed by atoms with Gasteiger partial charge in [-0.25, -0.2) is 4.79 Å². The maximum atomic E-state index is 11.1. The average molecular weight is 237 g/mol. The Morgan fingerprint density at radius 3 is 3.12 bits per heavy atom. The van der Waals surface area contributed by atoms with Crippen LogP contribution in [0.15, 0.2) is 18.2 Å². The number of methoxy groups -OCH3 is 1. The number of ether oxygens (including phenoxy) is 2. The second-order valence-corrected chi connectivity index (χ2v) is 3.79. The molecular weight excluding hydrogens is 222 g/mol. The normalized spacial score (nSPS) is 14.1. The highest BCUT2D eigenvalue weighted by atomic mass is 16.5. The lowest BCUT2D eigenvalue weighted by Crippen LogP contribution is -2.35. The monoisotopic (exact) mass is 237 g/mol. The number of benzene rings is 1. The molecule has 0 amide bonds. The highest BCUT2D eigenvalue weighted by molar-refractivity contribution is 5.93. The molecule has 0 unspecified atom stereocenters. The van der Waals surface area contributed by atoms with Crippen molar-refractivity contribution in [1.29, 1.82) is 0 Å². The van der Waals surface area contributed by atoms with E-state index >= 15 is 0 Å². The van der Waals surface area contributed by atoms with Gasteiger partial charge >= 0.3 is 5.97 Å². The van der Waals surface area contributed by atoms with Crippen LogP contribution in [0.3, 0.4) is 0 Å². The molecule has 0 atom stereocenters.